The number of fused-ring (bicyclic) bond motifs is 1. The second-order valence-corrected chi connectivity index (χ2v) is 11.4. The van der Waals surface area contributed by atoms with E-state index >= 15 is 0 Å². The molecule has 0 fully saturated rings. The van der Waals surface area contributed by atoms with Gasteiger partial charge in [-0.05, 0) is 66.3 Å². The van der Waals surface area contributed by atoms with E-state index in [0.717, 1.165) is 5.56 Å². The monoisotopic (exact) mass is 539 g/mol. The molecule has 0 saturated carbocycles. The lowest BCUT2D eigenvalue weighted by Gasteiger charge is -2.33. The van der Waals surface area contributed by atoms with Crippen LogP contribution < -0.4 is 14.2 Å². The molecule has 1 atom stereocenters. The van der Waals surface area contributed by atoms with Crippen LogP contribution in [0.2, 0.25) is 0 Å². The Bertz CT molecular complexity index is 1380. The molecular formula is C29H33NO7S. The third-order valence-electron chi connectivity index (χ3n) is 6.42. The summed E-state index contributed by atoms with van der Waals surface area (Å²) in [6.07, 6.45) is 0. The van der Waals surface area contributed by atoms with Gasteiger partial charge in [-0.3, -0.25) is 4.79 Å². The van der Waals surface area contributed by atoms with Crippen molar-refractivity contribution in [3.63, 3.8) is 0 Å². The van der Waals surface area contributed by atoms with Crippen LogP contribution in [0.3, 0.4) is 0 Å². The van der Waals surface area contributed by atoms with Gasteiger partial charge in [-0.15, -0.1) is 0 Å². The first-order valence-electron chi connectivity index (χ1n) is 12.4. The van der Waals surface area contributed by atoms with E-state index in [1.54, 1.807) is 44.2 Å². The summed E-state index contributed by atoms with van der Waals surface area (Å²) in [7, 11) is -2.63. The van der Waals surface area contributed by atoms with Gasteiger partial charge in [0.1, 0.15) is 18.4 Å². The van der Waals surface area contributed by atoms with E-state index in [1.165, 1.54) is 11.4 Å². The molecule has 0 spiro atoms. The first-order valence-corrected chi connectivity index (χ1v) is 13.8. The van der Waals surface area contributed by atoms with Crippen LogP contribution in [0.5, 0.6) is 17.2 Å². The molecule has 1 unspecified atom stereocenters. The van der Waals surface area contributed by atoms with Crippen molar-refractivity contribution in [3.05, 3.63) is 82.9 Å². The Hall–Kier alpha value is -3.56. The summed E-state index contributed by atoms with van der Waals surface area (Å²) in [5, 5.41) is 0. The normalized spacial score (nSPS) is 13.6. The van der Waals surface area contributed by atoms with Gasteiger partial charge in [0, 0.05) is 6.54 Å². The van der Waals surface area contributed by atoms with Crippen LogP contribution >= 0.6 is 0 Å². The zero-order valence-corrected chi connectivity index (χ0v) is 23.1. The molecule has 1 heterocycles. The van der Waals surface area contributed by atoms with Gasteiger partial charge in [0.2, 0.25) is 16.8 Å². The maximum absolute atomic E-state index is 14.4. The highest BCUT2D eigenvalue weighted by Crippen LogP contribution is 2.35. The van der Waals surface area contributed by atoms with Crippen molar-refractivity contribution in [2.45, 2.75) is 51.8 Å². The number of carbonyl (C=O) groups excluding carboxylic acids is 1. The van der Waals surface area contributed by atoms with E-state index in [-0.39, 0.29) is 30.8 Å². The summed E-state index contributed by atoms with van der Waals surface area (Å²) in [4.78, 5) is 13.7. The third kappa shape index (κ3) is 5.79. The van der Waals surface area contributed by atoms with Crippen LogP contribution in [0.4, 0.5) is 0 Å². The lowest BCUT2D eigenvalue weighted by molar-refractivity contribution is -0.151. The van der Waals surface area contributed by atoms with Crippen molar-refractivity contribution >= 4 is 16.0 Å². The summed E-state index contributed by atoms with van der Waals surface area (Å²) in [6, 6.07) is 16.8. The maximum atomic E-state index is 14.4. The largest absolute Gasteiger partial charge is 0.497 e. The molecule has 0 radical (unpaired) electrons. The number of hydrogen-bond acceptors (Lipinski definition) is 7. The SMILES string of the molecule is COc1cc(C)c(S(=O)(=O)N(Cc2ccc3c(c2)OCO3)C(C(=O)OCc2ccccc2)C(C)C)c(C)c1. The molecule has 0 amide bonds. The van der Waals surface area contributed by atoms with E-state index in [1.807, 2.05) is 44.2 Å². The predicted octanol–water partition coefficient (Wildman–Crippen LogP) is 5.00. The minimum atomic E-state index is -4.17. The van der Waals surface area contributed by atoms with Gasteiger partial charge in [0.25, 0.3) is 0 Å². The molecule has 4 rings (SSSR count). The zero-order valence-electron chi connectivity index (χ0n) is 22.3. The number of hydrogen-bond donors (Lipinski definition) is 0. The van der Waals surface area contributed by atoms with Gasteiger partial charge in [-0.1, -0.05) is 50.2 Å². The quantitative estimate of drug-likeness (QED) is 0.335. The molecule has 8 nitrogen and oxygen atoms in total. The topological polar surface area (TPSA) is 91.4 Å². The van der Waals surface area contributed by atoms with Gasteiger partial charge in [-0.25, -0.2) is 8.42 Å². The summed E-state index contributed by atoms with van der Waals surface area (Å²) in [5.74, 6) is 0.693. The highest BCUT2D eigenvalue weighted by molar-refractivity contribution is 7.89. The standard InChI is InChI=1S/C29H33NO7S/c1-19(2)27(29(31)35-17-22-9-7-6-8-10-22)30(16-23-11-12-25-26(15-23)37-18-36-25)38(32,33)28-20(3)13-24(34-5)14-21(28)4/h6-15,19,27H,16-18H2,1-5H3. The molecule has 0 saturated heterocycles. The summed E-state index contributed by atoms with van der Waals surface area (Å²) < 4.78 is 51.9. The fraction of sp³-hybridized carbons (Fsp3) is 0.345. The van der Waals surface area contributed by atoms with Crippen molar-refractivity contribution in [2.24, 2.45) is 5.92 Å². The second kappa shape index (κ2) is 11.4. The number of carbonyl (C=O) groups is 1. The van der Waals surface area contributed by atoms with Crippen LogP contribution in [0, 0.1) is 19.8 Å². The Labute approximate surface area is 224 Å². The van der Waals surface area contributed by atoms with Crippen molar-refractivity contribution in [1.82, 2.24) is 4.31 Å². The van der Waals surface area contributed by atoms with E-state index < -0.39 is 22.0 Å². The number of rotatable bonds is 10. The molecular weight excluding hydrogens is 506 g/mol. The number of benzene rings is 3. The first kappa shape index (κ1) is 27.5. The Morgan fingerprint density at radius 2 is 1.61 bits per heavy atom. The van der Waals surface area contributed by atoms with E-state index in [2.05, 4.69) is 0 Å². The van der Waals surface area contributed by atoms with E-state index in [4.69, 9.17) is 18.9 Å². The number of esters is 1. The predicted molar refractivity (Wildman–Crippen MR) is 143 cm³/mol. The lowest BCUT2D eigenvalue weighted by atomic mass is 10.0. The van der Waals surface area contributed by atoms with E-state index in [0.29, 0.717) is 33.9 Å². The second-order valence-electron chi connectivity index (χ2n) is 9.61. The first-order chi connectivity index (χ1) is 18.1. The Balaban J connectivity index is 1.76. The Kier molecular flexibility index (Phi) is 8.28. The fourth-order valence-electron chi connectivity index (χ4n) is 4.64. The Morgan fingerprint density at radius 1 is 0.947 bits per heavy atom. The maximum Gasteiger partial charge on any atom is 0.325 e. The molecule has 1 aliphatic heterocycles. The molecule has 3 aromatic rings. The number of methoxy groups -OCH3 is 1. The molecule has 0 aliphatic carbocycles. The van der Waals surface area contributed by atoms with Gasteiger partial charge in [0.05, 0.1) is 12.0 Å². The smallest absolute Gasteiger partial charge is 0.325 e. The molecule has 0 bridgehead atoms. The third-order valence-corrected chi connectivity index (χ3v) is 8.55. The summed E-state index contributed by atoms with van der Waals surface area (Å²) >= 11 is 0. The highest BCUT2D eigenvalue weighted by Gasteiger charge is 2.40. The van der Waals surface area contributed by atoms with Crippen LogP contribution in [0.25, 0.3) is 0 Å². The van der Waals surface area contributed by atoms with Crippen molar-refractivity contribution in [3.8, 4) is 17.2 Å². The van der Waals surface area contributed by atoms with Gasteiger partial charge < -0.3 is 18.9 Å². The van der Waals surface area contributed by atoms with E-state index in [9.17, 15) is 13.2 Å². The molecule has 1 aliphatic rings. The minimum Gasteiger partial charge on any atom is -0.497 e. The average Bonchev–Trinajstić information content (AvgIpc) is 3.35. The number of sulfonamides is 1. The van der Waals surface area contributed by atoms with Crippen molar-refractivity contribution in [1.29, 1.82) is 0 Å². The lowest BCUT2D eigenvalue weighted by Crippen LogP contribution is -2.48. The van der Waals surface area contributed by atoms with Crippen LogP contribution in [-0.4, -0.2) is 38.6 Å². The van der Waals surface area contributed by atoms with Gasteiger partial charge in [-0.2, -0.15) is 4.31 Å². The zero-order chi connectivity index (χ0) is 27.4. The van der Waals surface area contributed by atoms with Gasteiger partial charge in [0.15, 0.2) is 11.5 Å². The van der Waals surface area contributed by atoms with Gasteiger partial charge >= 0.3 is 5.97 Å². The van der Waals surface area contributed by atoms with Crippen molar-refractivity contribution < 1.29 is 32.2 Å². The molecule has 9 heteroatoms. The Morgan fingerprint density at radius 3 is 2.24 bits per heavy atom. The molecule has 3 aromatic carbocycles. The number of aryl methyl sites for hydroxylation is 2. The molecule has 0 N–H and O–H groups in total. The summed E-state index contributed by atoms with van der Waals surface area (Å²) in [5.41, 5.74) is 2.52. The molecule has 0 aromatic heterocycles. The number of ether oxygens (including phenoxy) is 4. The number of nitrogens with zero attached hydrogens (tertiary/aromatic N) is 1. The fourth-order valence-corrected chi connectivity index (χ4v) is 6.75. The summed E-state index contributed by atoms with van der Waals surface area (Å²) in [6.45, 7) is 7.15. The minimum absolute atomic E-state index is 0.0431. The van der Waals surface area contributed by atoms with Crippen LogP contribution in [0.15, 0.2) is 65.6 Å². The van der Waals surface area contributed by atoms with Crippen LogP contribution in [-0.2, 0) is 32.7 Å². The van der Waals surface area contributed by atoms with Crippen LogP contribution in [0.1, 0.15) is 36.1 Å². The van der Waals surface area contributed by atoms with Crippen molar-refractivity contribution in [2.75, 3.05) is 13.9 Å². The molecule has 38 heavy (non-hydrogen) atoms. The molecule has 202 valence electrons. The average molecular weight is 540 g/mol. The highest BCUT2D eigenvalue weighted by atomic mass is 32.2.